The third kappa shape index (κ3) is 4.01. The zero-order valence-corrected chi connectivity index (χ0v) is 14.4. The van der Waals surface area contributed by atoms with Crippen LogP contribution in [0, 0.1) is 0 Å². The van der Waals surface area contributed by atoms with Crippen molar-refractivity contribution < 1.29 is 18.3 Å². The molecular weight excluding hydrogens is 399 g/mol. The molecule has 1 aliphatic heterocycles. The molecule has 0 aliphatic carbocycles. The highest BCUT2D eigenvalue weighted by Gasteiger charge is 2.33. The first-order valence-electron chi connectivity index (χ1n) is 7.38. The highest BCUT2D eigenvalue weighted by Crippen LogP contribution is 2.37. The number of para-hydroxylation sites is 1. The average Bonchev–Trinajstić information content (AvgIpc) is 3.02. The molecule has 0 saturated carbocycles. The fourth-order valence-corrected chi connectivity index (χ4v) is 2.83. The summed E-state index contributed by atoms with van der Waals surface area (Å²) < 4.78 is 39.0. The predicted octanol–water partition coefficient (Wildman–Crippen LogP) is 4.82. The van der Waals surface area contributed by atoms with Gasteiger partial charge in [0, 0.05) is 29.2 Å². The molecule has 0 spiro atoms. The first-order valence-corrected chi connectivity index (χ1v) is 8.18. The third-order valence-electron chi connectivity index (χ3n) is 3.63. The van der Waals surface area contributed by atoms with E-state index in [1.165, 1.54) is 17.3 Å². The lowest BCUT2D eigenvalue weighted by Crippen LogP contribution is -2.14. The number of amidine groups is 1. The van der Waals surface area contributed by atoms with Gasteiger partial charge in [-0.2, -0.15) is 18.3 Å². The summed E-state index contributed by atoms with van der Waals surface area (Å²) in [6.07, 6.45) is -2.45. The molecule has 0 unspecified atom stereocenters. The van der Waals surface area contributed by atoms with Gasteiger partial charge in [0.2, 0.25) is 0 Å². The van der Waals surface area contributed by atoms with Crippen LogP contribution in [0.25, 0.3) is 0 Å². The van der Waals surface area contributed by atoms with E-state index in [1.807, 2.05) is 0 Å². The van der Waals surface area contributed by atoms with Crippen LogP contribution in [0.3, 0.4) is 0 Å². The Morgan fingerprint density at radius 2 is 1.96 bits per heavy atom. The van der Waals surface area contributed by atoms with E-state index in [2.05, 4.69) is 26.0 Å². The van der Waals surface area contributed by atoms with Gasteiger partial charge in [-0.1, -0.05) is 28.1 Å². The highest BCUT2D eigenvalue weighted by atomic mass is 79.9. The molecule has 0 fully saturated rings. The molecule has 0 amide bonds. The van der Waals surface area contributed by atoms with Crippen LogP contribution in [-0.2, 0) is 6.18 Å². The summed E-state index contributed by atoms with van der Waals surface area (Å²) in [5.41, 5.74) is 0.154. The number of anilines is 1. The van der Waals surface area contributed by atoms with Crippen molar-refractivity contribution in [2.24, 2.45) is 10.1 Å². The van der Waals surface area contributed by atoms with Crippen LogP contribution in [-0.4, -0.2) is 23.7 Å². The number of phenolic OH excluding ortho intramolecular Hbond substituents is 1. The third-order valence-corrected chi connectivity index (χ3v) is 4.32. The summed E-state index contributed by atoms with van der Waals surface area (Å²) in [4.78, 5) is 4.21. The fraction of sp³-hybridized carbons (Fsp3) is 0.176. The number of nitrogens with zero attached hydrogens (tertiary/aromatic N) is 3. The van der Waals surface area contributed by atoms with Crippen molar-refractivity contribution in [1.82, 2.24) is 0 Å². The van der Waals surface area contributed by atoms with E-state index in [4.69, 9.17) is 0 Å². The Hall–Kier alpha value is -2.35. The van der Waals surface area contributed by atoms with E-state index in [9.17, 15) is 18.3 Å². The molecule has 1 aliphatic rings. The molecule has 0 radical (unpaired) electrons. The second-order valence-corrected chi connectivity index (χ2v) is 6.22. The lowest BCUT2D eigenvalue weighted by molar-refractivity contribution is -0.138. The number of aliphatic imine (C=N–C) groups is 1. The van der Waals surface area contributed by atoms with Gasteiger partial charge in [0.15, 0.2) is 5.84 Å². The molecule has 25 heavy (non-hydrogen) atoms. The standard InChI is InChI=1S/C17H13BrF3N3O/c18-14-6-5-12(9-13(14)17(19,20)21)24-8-7-16(23-24)22-10-11-3-1-2-4-15(11)25/h1-6,9-10,25H,7-8H2/b22-10+. The lowest BCUT2D eigenvalue weighted by atomic mass is 10.2. The minimum atomic E-state index is -4.44. The molecule has 130 valence electrons. The zero-order chi connectivity index (χ0) is 18.0. The average molecular weight is 412 g/mol. The van der Waals surface area contributed by atoms with Crippen LogP contribution >= 0.6 is 15.9 Å². The number of alkyl halides is 3. The molecule has 8 heteroatoms. The minimum Gasteiger partial charge on any atom is -0.507 e. The molecule has 1 heterocycles. The van der Waals surface area contributed by atoms with Gasteiger partial charge in [0.25, 0.3) is 0 Å². The molecule has 0 bridgehead atoms. The molecule has 2 aromatic rings. The summed E-state index contributed by atoms with van der Waals surface area (Å²) in [7, 11) is 0. The van der Waals surface area contributed by atoms with E-state index < -0.39 is 11.7 Å². The fourth-order valence-electron chi connectivity index (χ4n) is 2.35. The summed E-state index contributed by atoms with van der Waals surface area (Å²) >= 11 is 2.92. The van der Waals surface area contributed by atoms with Crippen LogP contribution in [0.2, 0.25) is 0 Å². The Morgan fingerprint density at radius 1 is 1.20 bits per heavy atom. The van der Waals surface area contributed by atoms with Crippen molar-refractivity contribution in [2.45, 2.75) is 12.6 Å². The number of hydrazone groups is 1. The largest absolute Gasteiger partial charge is 0.507 e. The second kappa shape index (κ2) is 6.87. The van der Waals surface area contributed by atoms with Crippen molar-refractivity contribution in [3.05, 3.63) is 58.1 Å². The maximum Gasteiger partial charge on any atom is 0.417 e. The number of aromatic hydroxyl groups is 1. The van der Waals surface area contributed by atoms with Gasteiger partial charge in [-0.05, 0) is 30.3 Å². The molecular formula is C17H13BrF3N3O. The highest BCUT2D eigenvalue weighted by molar-refractivity contribution is 9.10. The van der Waals surface area contributed by atoms with Crippen molar-refractivity contribution in [3.8, 4) is 5.75 Å². The zero-order valence-electron chi connectivity index (χ0n) is 12.8. The number of benzene rings is 2. The lowest BCUT2D eigenvalue weighted by Gasteiger charge is -2.16. The normalized spacial score (nSPS) is 15.0. The second-order valence-electron chi connectivity index (χ2n) is 5.37. The van der Waals surface area contributed by atoms with E-state index >= 15 is 0 Å². The number of hydrogen-bond acceptors (Lipinski definition) is 4. The molecule has 3 rings (SSSR count). The van der Waals surface area contributed by atoms with Gasteiger partial charge in [-0.3, -0.25) is 5.01 Å². The summed E-state index contributed by atoms with van der Waals surface area (Å²) in [5, 5.41) is 15.4. The van der Waals surface area contributed by atoms with Gasteiger partial charge in [-0.15, -0.1) is 0 Å². The van der Waals surface area contributed by atoms with Crippen LogP contribution in [0.4, 0.5) is 18.9 Å². The first kappa shape index (κ1) is 17.5. The number of rotatable bonds is 2. The van der Waals surface area contributed by atoms with Gasteiger partial charge in [-0.25, -0.2) is 4.99 Å². The van der Waals surface area contributed by atoms with Crippen LogP contribution < -0.4 is 5.01 Å². The molecule has 1 N–H and O–H groups in total. The van der Waals surface area contributed by atoms with Crippen molar-refractivity contribution in [2.75, 3.05) is 11.6 Å². The summed E-state index contributed by atoms with van der Waals surface area (Å²) in [6.45, 7) is 0.437. The first-order chi connectivity index (χ1) is 11.8. The van der Waals surface area contributed by atoms with Crippen molar-refractivity contribution >= 4 is 33.7 Å². The maximum atomic E-state index is 13.0. The monoisotopic (exact) mass is 411 g/mol. The Labute approximate surface area is 150 Å². The number of halogens is 4. The van der Waals surface area contributed by atoms with Crippen LogP contribution in [0.5, 0.6) is 5.75 Å². The topological polar surface area (TPSA) is 48.2 Å². The number of phenols is 1. The van der Waals surface area contributed by atoms with Crippen molar-refractivity contribution in [1.29, 1.82) is 0 Å². The van der Waals surface area contributed by atoms with E-state index in [0.717, 1.165) is 6.07 Å². The molecule has 0 saturated heterocycles. The molecule has 0 atom stereocenters. The van der Waals surface area contributed by atoms with E-state index in [1.54, 1.807) is 30.3 Å². The Balaban J connectivity index is 1.81. The summed E-state index contributed by atoms with van der Waals surface area (Å²) in [6, 6.07) is 10.7. The Morgan fingerprint density at radius 3 is 2.68 bits per heavy atom. The Kier molecular flexibility index (Phi) is 4.80. The van der Waals surface area contributed by atoms with E-state index in [0.29, 0.717) is 30.1 Å². The van der Waals surface area contributed by atoms with E-state index in [-0.39, 0.29) is 10.2 Å². The smallest absolute Gasteiger partial charge is 0.417 e. The predicted molar refractivity (Wildman–Crippen MR) is 94.2 cm³/mol. The maximum absolute atomic E-state index is 13.0. The summed E-state index contributed by atoms with van der Waals surface area (Å²) in [5.74, 6) is 0.587. The Bertz CT molecular complexity index is 849. The molecule has 4 nitrogen and oxygen atoms in total. The van der Waals surface area contributed by atoms with Crippen molar-refractivity contribution in [3.63, 3.8) is 0 Å². The quantitative estimate of drug-likeness (QED) is 0.720. The SMILES string of the molecule is Oc1ccccc1/C=N/C1=NN(c2ccc(Br)c(C(F)(F)F)c2)CC1. The van der Waals surface area contributed by atoms with Crippen LogP contribution in [0.15, 0.2) is 57.0 Å². The van der Waals surface area contributed by atoms with Gasteiger partial charge in [0.1, 0.15) is 5.75 Å². The molecule has 0 aromatic heterocycles. The van der Waals surface area contributed by atoms with Gasteiger partial charge in [0.05, 0.1) is 11.3 Å². The van der Waals surface area contributed by atoms with Gasteiger partial charge >= 0.3 is 6.18 Å². The number of hydrogen-bond donors (Lipinski definition) is 1. The van der Waals surface area contributed by atoms with Gasteiger partial charge < -0.3 is 5.11 Å². The minimum absolute atomic E-state index is 0.00952. The molecule has 2 aromatic carbocycles. The van der Waals surface area contributed by atoms with Crippen LogP contribution in [0.1, 0.15) is 17.5 Å².